The molecule has 4 aromatic rings. The molecule has 1 saturated heterocycles. The minimum atomic E-state index is -0.796. The van der Waals surface area contributed by atoms with Crippen molar-refractivity contribution in [3.05, 3.63) is 102 Å². The second-order valence-electron chi connectivity index (χ2n) is 10.6. The SMILES string of the molecule is CCCNc1ncc(-c2ccc3c(c2)NC(O)C3C(=Nc2ccc(CN3CCCC3)cc2)c2ccccc2)cn1. The molecule has 2 aliphatic heterocycles. The number of nitrogens with one attached hydrogen (secondary N) is 2. The number of likely N-dealkylation sites (tertiary alicyclic amines) is 1. The Morgan fingerprint density at radius 1 is 0.975 bits per heavy atom. The highest BCUT2D eigenvalue weighted by Gasteiger charge is 2.35. The predicted octanol–water partition coefficient (Wildman–Crippen LogP) is 6.21. The number of fused-ring (bicyclic) bond motifs is 1. The molecular weight excluding hydrogens is 496 g/mol. The Balaban J connectivity index is 1.29. The van der Waals surface area contributed by atoms with E-state index in [0.717, 1.165) is 58.9 Å². The number of hydrogen-bond donors (Lipinski definition) is 3. The van der Waals surface area contributed by atoms with Gasteiger partial charge in [0.25, 0.3) is 0 Å². The minimum Gasteiger partial charge on any atom is -0.373 e. The lowest BCUT2D eigenvalue weighted by atomic mass is 9.89. The van der Waals surface area contributed by atoms with Gasteiger partial charge in [0.1, 0.15) is 6.23 Å². The van der Waals surface area contributed by atoms with Gasteiger partial charge in [-0.05, 0) is 72.8 Å². The summed E-state index contributed by atoms with van der Waals surface area (Å²) in [5.74, 6) is 0.320. The molecule has 0 spiro atoms. The number of aliphatic imine (C=N–C) groups is 1. The van der Waals surface area contributed by atoms with Crippen molar-refractivity contribution in [2.45, 2.75) is 44.9 Å². The molecule has 0 radical (unpaired) electrons. The molecule has 2 aliphatic rings. The lowest BCUT2D eigenvalue weighted by Crippen LogP contribution is -2.26. The number of aromatic nitrogens is 2. The summed E-state index contributed by atoms with van der Waals surface area (Å²) in [5.41, 5.74) is 7.86. The fourth-order valence-corrected chi connectivity index (χ4v) is 5.58. The van der Waals surface area contributed by atoms with E-state index >= 15 is 0 Å². The first-order chi connectivity index (χ1) is 19.7. The maximum atomic E-state index is 11.3. The van der Waals surface area contributed by atoms with Crippen LogP contribution in [0.3, 0.4) is 0 Å². The van der Waals surface area contributed by atoms with Gasteiger partial charge in [-0.15, -0.1) is 0 Å². The highest BCUT2D eigenvalue weighted by molar-refractivity contribution is 6.08. The molecule has 3 aromatic carbocycles. The van der Waals surface area contributed by atoms with E-state index in [0.29, 0.717) is 5.95 Å². The molecule has 7 nitrogen and oxygen atoms in total. The van der Waals surface area contributed by atoms with E-state index in [9.17, 15) is 5.11 Å². The van der Waals surface area contributed by atoms with Gasteiger partial charge in [-0.25, -0.2) is 9.97 Å². The van der Waals surface area contributed by atoms with Crippen molar-refractivity contribution >= 4 is 23.0 Å². The molecule has 2 unspecified atom stereocenters. The summed E-state index contributed by atoms with van der Waals surface area (Å²) in [7, 11) is 0. The maximum Gasteiger partial charge on any atom is 0.222 e. The van der Waals surface area contributed by atoms with Crippen molar-refractivity contribution in [2.75, 3.05) is 30.3 Å². The van der Waals surface area contributed by atoms with Crippen molar-refractivity contribution in [1.29, 1.82) is 0 Å². The van der Waals surface area contributed by atoms with E-state index in [1.165, 1.54) is 31.5 Å². The summed E-state index contributed by atoms with van der Waals surface area (Å²) in [4.78, 5) is 16.5. The lowest BCUT2D eigenvalue weighted by molar-refractivity contribution is 0.202. The number of nitrogens with zero attached hydrogens (tertiary/aromatic N) is 4. The number of aliphatic hydroxyl groups excluding tert-OH is 1. The Morgan fingerprint density at radius 3 is 2.45 bits per heavy atom. The molecule has 0 aliphatic carbocycles. The van der Waals surface area contributed by atoms with Gasteiger partial charge in [-0.2, -0.15) is 0 Å². The van der Waals surface area contributed by atoms with Crippen LogP contribution in [0.1, 0.15) is 48.8 Å². The molecule has 1 fully saturated rings. The van der Waals surface area contributed by atoms with Gasteiger partial charge in [0.2, 0.25) is 5.95 Å². The zero-order valence-corrected chi connectivity index (χ0v) is 22.9. The van der Waals surface area contributed by atoms with Crippen molar-refractivity contribution in [3.8, 4) is 11.1 Å². The Bertz CT molecular complexity index is 1450. The van der Waals surface area contributed by atoms with E-state index in [4.69, 9.17) is 4.99 Å². The van der Waals surface area contributed by atoms with Crippen molar-refractivity contribution < 1.29 is 5.11 Å². The molecule has 204 valence electrons. The second-order valence-corrected chi connectivity index (χ2v) is 10.6. The number of aliphatic hydroxyl groups is 1. The van der Waals surface area contributed by atoms with Crippen LogP contribution in [0.25, 0.3) is 11.1 Å². The Labute approximate surface area is 236 Å². The van der Waals surface area contributed by atoms with E-state index in [-0.39, 0.29) is 5.92 Å². The van der Waals surface area contributed by atoms with Crippen LogP contribution in [0, 0.1) is 0 Å². The van der Waals surface area contributed by atoms with Gasteiger partial charge in [0, 0.05) is 36.7 Å². The van der Waals surface area contributed by atoms with E-state index in [1.807, 2.05) is 30.6 Å². The van der Waals surface area contributed by atoms with Gasteiger partial charge in [0.05, 0.1) is 17.3 Å². The third kappa shape index (κ3) is 5.76. The molecule has 3 N–H and O–H groups in total. The number of benzene rings is 3. The molecule has 0 amide bonds. The summed E-state index contributed by atoms with van der Waals surface area (Å²) >= 11 is 0. The maximum absolute atomic E-state index is 11.3. The molecule has 40 heavy (non-hydrogen) atoms. The van der Waals surface area contributed by atoms with Crippen LogP contribution in [0.15, 0.2) is 90.2 Å². The molecule has 2 atom stereocenters. The fourth-order valence-electron chi connectivity index (χ4n) is 5.58. The van der Waals surface area contributed by atoms with Crippen molar-refractivity contribution in [2.24, 2.45) is 4.99 Å². The van der Waals surface area contributed by atoms with Gasteiger partial charge < -0.3 is 15.7 Å². The summed E-state index contributed by atoms with van der Waals surface area (Å²) in [6.45, 7) is 6.30. The van der Waals surface area contributed by atoms with Crippen LogP contribution >= 0.6 is 0 Å². The molecule has 1 aromatic heterocycles. The Hall–Kier alpha value is -4.07. The molecule has 3 heterocycles. The van der Waals surface area contributed by atoms with Crippen molar-refractivity contribution in [3.63, 3.8) is 0 Å². The van der Waals surface area contributed by atoms with E-state index in [2.05, 4.69) is 87.0 Å². The number of hydrogen-bond acceptors (Lipinski definition) is 7. The van der Waals surface area contributed by atoms with Gasteiger partial charge >= 0.3 is 0 Å². The first kappa shape index (κ1) is 26.2. The third-order valence-electron chi connectivity index (χ3n) is 7.68. The highest BCUT2D eigenvalue weighted by atomic mass is 16.3. The number of rotatable bonds is 9. The largest absolute Gasteiger partial charge is 0.373 e. The van der Waals surface area contributed by atoms with Crippen LogP contribution in [-0.2, 0) is 6.54 Å². The topological polar surface area (TPSA) is 85.7 Å². The second kappa shape index (κ2) is 12.0. The quantitative estimate of drug-likeness (QED) is 0.222. The van der Waals surface area contributed by atoms with Gasteiger partial charge in [-0.1, -0.05) is 61.5 Å². The highest BCUT2D eigenvalue weighted by Crippen LogP contribution is 2.40. The van der Waals surface area contributed by atoms with Crippen LogP contribution in [0.4, 0.5) is 17.3 Å². The van der Waals surface area contributed by atoms with Crippen LogP contribution in [0.2, 0.25) is 0 Å². The minimum absolute atomic E-state index is 0.312. The average molecular weight is 533 g/mol. The van der Waals surface area contributed by atoms with Crippen LogP contribution in [0.5, 0.6) is 0 Å². The molecular formula is C33H36N6O. The average Bonchev–Trinajstić information content (AvgIpc) is 3.63. The summed E-state index contributed by atoms with van der Waals surface area (Å²) in [6, 6.07) is 24.9. The number of anilines is 2. The summed E-state index contributed by atoms with van der Waals surface area (Å²) in [5, 5.41) is 17.8. The summed E-state index contributed by atoms with van der Waals surface area (Å²) in [6.07, 6.45) is 6.47. The predicted molar refractivity (Wildman–Crippen MR) is 162 cm³/mol. The van der Waals surface area contributed by atoms with Crippen molar-refractivity contribution in [1.82, 2.24) is 14.9 Å². The first-order valence-corrected chi connectivity index (χ1v) is 14.3. The molecule has 0 saturated carbocycles. The third-order valence-corrected chi connectivity index (χ3v) is 7.68. The fraction of sp³-hybridized carbons (Fsp3) is 0.303. The van der Waals surface area contributed by atoms with E-state index < -0.39 is 6.23 Å². The van der Waals surface area contributed by atoms with Crippen LogP contribution in [-0.4, -0.2) is 51.5 Å². The summed E-state index contributed by atoms with van der Waals surface area (Å²) < 4.78 is 0. The zero-order chi connectivity index (χ0) is 27.3. The Morgan fingerprint density at radius 2 is 1.73 bits per heavy atom. The van der Waals surface area contributed by atoms with Crippen LogP contribution < -0.4 is 10.6 Å². The molecule has 0 bridgehead atoms. The Kier molecular flexibility index (Phi) is 7.84. The zero-order valence-electron chi connectivity index (χ0n) is 22.9. The van der Waals surface area contributed by atoms with Gasteiger partial charge in [-0.3, -0.25) is 9.89 Å². The molecule has 6 rings (SSSR count). The smallest absolute Gasteiger partial charge is 0.222 e. The monoisotopic (exact) mass is 532 g/mol. The standard InChI is InChI=1S/C33H36N6O/c1-2-16-34-33-35-20-26(21-36-33)25-12-15-28-29(19-25)38-32(40)30(28)31(24-8-4-3-5-9-24)37-27-13-10-23(11-14-27)22-39-17-6-7-18-39/h3-5,8-15,19-21,30,32,38,40H,2,6-7,16-18,22H2,1H3,(H,34,35,36). The lowest BCUT2D eigenvalue weighted by Gasteiger charge is -2.19. The first-order valence-electron chi connectivity index (χ1n) is 14.3. The molecule has 7 heteroatoms. The van der Waals surface area contributed by atoms with Gasteiger partial charge in [0.15, 0.2) is 0 Å². The normalized spacial score (nSPS) is 18.9. The van der Waals surface area contributed by atoms with E-state index in [1.54, 1.807) is 0 Å².